The Labute approximate surface area is 80.4 Å². The fourth-order valence-corrected chi connectivity index (χ4v) is 1.20. The van der Waals surface area contributed by atoms with E-state index in [1.54, 1.807) is 31.0 Å². The molecule has 0 bridgehead atoms. The average Bonchev–Trinajstić information content (AvgIpc) is 2.56. The second-order valence-electron chi connectivity index (χ2n) is 3.02. The van der Waals surface area contributed by atoms with Crippen LogP contribution in [0.4, 0.5) is 4.39 Å². The lowest BCUT2D eigenvalue weighted by Crippen LogP contribution is -1.94. The van der Waals surface area contributed by atoms with Crippen molar-refractivity contribution < 1.29 is 4.39 Å². The molecule has 4 nitrogen and oxygen atoms in total. The molecule has 0 fully saturated rings. The van der Waals surface area contributed by atoms with E-state index in [0.717, 1.165) is 0 Å². The van der Waals surface area contributed by atoms with Crippen LogP contribution in [-0.2, 0) is 7.05 Å². The summed E-state index contributed by atoms with van der Waals surface area (Å²) >= 11 is 0. The Hall–Kier alpha value is -1.78. The summed E-state index contributed by atoms with van der Waals surface area (Å²) in [7, 11) is 1.77. The third-order valence-corrected chi connectivity index (χ3v) is 1.84. The van der Waals surface area contributed by atoms with Gasteiger partial charge < -0.3 is 0 Å². The van der Waals surface area contributed by atoms with Gasteiger partial charge in [-0.1, -0.05) is 0 Å². The van der Waals surface area contributed by atoms with Gasteiger partial charge in [0.2, 0.25) is 0 Å². The van der Waals surface area contributed by atoms with Gasteiger partial charge in [0.25, 0.3) is 0 Å². The minimum absolute atomic E-state index is 0.297. The van der Waals surface area contributed by atoms with Crippen molar-refractivity contribution in [2.45, 2.75) is 6.92 Å². The summed E-state index contributed by atoms with van der Waals surface area (Å²) in [4.78, 5) is 7.78. The molecular formula is C9H9FN4. The highest BCUT2D eigenvalue weighted by Gasteiger charge is 2.09. The molecule has 0 saturated heterocycles. The van der Waals surface area contributed by atoms with Gasteiger partial charge in [-0.15, -0.1) is 0 Å². The van der Waals surface area contributed by atoms with E-state index < -0.39 is 5.82 Å². The standard InChI is InChI=1S/C9H9FN4/c1-6-11-4-8(10)9(13-6)7-3-12-14(2)5-7/h3-5H,1-2H3. The van der Waals surface area contributed by atoms with E-state index in [-0.39, 0.29) is 0 Å². The van der Waals surface area contributed by atoms with Gasteiger partial charge >= 0.3 is 0 Å². The highest BCUT2D eigenvalue weighted by atomic mass is 19.1. The van der Waals surface area contributed by atoms with Gasteiger partial charge in [-0.25, -0.2) is 14.4 Å². The zero-order valence-electron chi connectivity index (χ0n) is 7.90. The molecule has 2 aromatic rings. The maximum Gasteiger partial charge on any atom is 0.167 e. The summed E-state index contributed by atoms with van der Waals surface area (Å²) in [5.74, 6) is 0.119. The second kappa shape index (κ2) is 3.17. The largest absolute Gasteiger partial charge is 0.275 e. The van der Waals surface area contributed by atoms with Crippen LogP contribution in [0.1, 0.15) is 5.82 Å². The molecule has 2 heterocycles. The van der Waals surface area contributed by atoms with Crippen molar-refractivity contribution in [2.24, 2.45) is 7.05 Å². The maximum atomic E-state index is 13.3. The lowest BCUT2D eigenvalue weighted by Gasteiger charge is -1.98. The van der Waals surface area contributed by atoms with Crippen molar-refractivity contribution >= 4 is 0 Å². The second-order valence-corrected chi connectivity index (χ2v) is 3.02. The molecule has 72 valence electrons. The Morgan fingerprint density at radius 3 is 2.79 bits per heavy atom. The number of nitrogens with zero attached hydrogens (tertiary/aromatic N) is 4. The van der Waals surface area contributed by atoms with Crippen LogP contribution in [0.25, 0.3) is 11.3 Å². The summed E-state index contributed by atoms with van der Waals surface area (Å²) < 4.78 is 14.9. The first kappa shape index (κ1) is 8.80. The Morgan fingerprint density at radius 2 is 2.14 bits per heavy atom. The van der Waals surface area contributed by atoms with Crippen LogP contribution in [0.5, 0.6) is 0 Å². The van der Waals surface area contributed by atoms with Crippen LogP contribution in [0.3, 0.4) is 0 Å². The number of rotatable bonds is 1. The van der Waals surface area contributed by atoms with E-state index in [1.807, 2.05) is 0 Å². The smallest absolute Gasteiger partial charge is 0.167 e. The molecule has 2 aromatic heterocycles. The minimum atomic E-state index is -0.427. The van der Waals surface area contributed by atoms with Crippen molar-refractivity contribution in [1.82, 2.24) is 19.7 Å². The molecule has 0 aliphatic rings. The Balaban J connectivity index is 2.55. The highest BCUT2D eigenvalue weighted by molar-refractivity contribution is 5.57. The molecule has 0 radical (unpaired) electrons. The molecule has 0 spiro atoms. The molecule has 0 aliphatic carbocycles. The average molecular weight is 192 g/mol. The summed E-state index contributed by atoms with van der Waals surface area (Å²) in [6, 6.07) is 0. The van der Waals surface area contributed by atoms with Gasteiger partial charge in [0, 0.05) is 18.8 Å². The normalized spacial score (nSPS) is 10.5. The number of aromatic nitrogens is 4. The summed E-state index contributed by atoms with van der Waals surface area (Å²) in [5, 5.41) is 3.95. The fourth-order valence-electron chi connectivity index (χ4n) is 1.20. The third-order valence-electron chi connectivity index (χ3n) is 1.84. The number of halogens is 1. The third kappa shape index (κ3) is 1.48. The van der Waals surface area contributed by atoms with E-state index in [9.17, 15) is 4.39 Å². The van der Waals surface area contributed by atoms with Gasteiger partial charge in [0.15, 0.2) is 5.82 Å². The van der Waals surface area contributed by atoms with Gasteiger partial charge in [-0.3, -0.25) is 4.68 Å². The molecule has 2 rings (SSSR count). The molecular weight excluding hydrogens is 183 g/mol. The minimum Gasteiger partial charge on any atom is -0.275 e. The van der Waals surface area contributed by atoms with Crippen LogP contribution in [0.15, 0.2) is 18.6 Å². The predicted molar refractivity (Wildman–Crippen MR) is 48.9 cm³/mol. The number of hydrogen-bond acceptors (Lipinski definition) is 3. The maximum absolute atomic E-state index is 13.3. The van der Waals surface area contributed by atoms with E-state index in [2.05, 4.69) is 15.1 Å². The van der Waals surface area contributed by atoms with Crippen molar-refractivity contribution in [3.8, 4) is 11.3 Å². The zero-order chi connectivity index (χ0) is 10.1. The van der Waals surface area contributed by atoms with Crippen LogP contribution >= 0.6 is 0 Å². The van der Waals surface area contributed by atoms with E-state index >= 15 is 0 Å². The number of aryl methyl sites for hydroxylation is 2. The molecule has 14 heavy (non-hydrogen) atoms. The van der Waals surface area contributed by atoms with Crippen molar-refractivity contribution in [1.29, 1.82) is 0 Å². The van der Waals surface area contributed by atoms with Crippen molar-refractivity contribution in [3.05, 3.63) is 30.2 Å². The van der Waals surface area contributed by atoms with Gasteiger partial charge in [0.05, 0.1) is 12.4 Å². The predicted octanol–water partition coefficient (Wildman–Crippen LogP) is 1.32. The molecule has 0 aliphatic heterocycles. The van der Waals surface area contributed by atoms with Gasteiger partial charge in [-0.2, -0.15) is 5.10 Å². The number of hydrogen-bond donors (Lipinski definition) is 0. The summed E-state index contributed by atoms with van der Waals surface area (Å²) in [5.41, 5.74) is 0.959. The molecule has 0 unspecified atom stereocenters. The van der Waals surface area contributed by atoms with E-state index in [4.69, 9.17) is 0 Å². The van der Waals surface area contributed by atoms with Crippen molar-refractivity contribution in [3.63, 3.8) is 0 Å². The van der Waals surface area contributed by atoms with E-state index in [1.165, 1.54) is 6.20 Å². The fraction of sp³-hybridized carbons (Fsp3) is 0.222. The molecule has 0 N–H and O–H groups in total. The summed E-state index contributed by atoms with van der Waals surface area (Å²) in [6.45, 7) is 1.72. The zero-order valence-corrected chi connectivity index (χ0v) is 7.90. The highest BCUT2D eigenvalue weighted by Crippen LogP contribution is 2.18. The van der Waals surface area contributed by atoms with Crippen LogP contribution in [-0.4, -0.2) is 19.7 Å². The van der Waals surface area contributed by atoms with Crippen molar-refractivity contribution in [2.75, 3.05) is 0 Å². The Kier molecular flexibility index (Phi) is 1.99. The summed E-state index contributed by atoms with van der Waals surface area (Å²) in [6.07, 6.45) is 4.46. The van der Waals surface area contributed by atoms with Crippen LogP contribution in [0, 0.1) is 12.7 Å². The Bertz CT molecular complexity index is 464. The Morgan fingerprint density at radius 1 is 1.36 bits per heavy atom. The van der Waals surface area contributed by atoms with Crippen LogP contribution < -0.4 is 0 Å². The first-order valence-corrected chi connectivity index (χ1v) is 4.15. The van der Waals surface area contributed by atoms with E-state index in [0.29, 0.717) is 17.1 Å². The molecule has 0 amide bonds. The lowest BCUT2D eigenvalue weighted by atomic mass is 10.2. The molecule has 0 atom stereocenters. The van der Waals surface area contributed by atoms with Gasteiger partial charge in [0.1, 0.15) is 11.5 Å². The van der Waals surface area contributed by atoms with Gasteiger partial charge in [-0.05, 0) is 6.92 Å². The monoisotopic (exact) mass is 192 g/mol. The quantitative estimate of drug-likeness (QED) is 0.684. The first-order chi connectivity index (χ1) is 6.66. The molecule has 5 heteroatoms. The van der Waals surface area contributed by atoms with Crippen LogP contribution in [0.2, 0.25) is 0 Å². The topological polar surface area (TPSA) is 43.6 Å². The lowest BCUT2D eigenvalue weighted by molar-refractivity contribution is 0.615. The SMILES string of the molecule is Cc1ncc(F)c(-c2cnn(C)c2)n1. The molecule has 0 saturated carbocycles. The first-order valence-electron chi connectivity index (χ1n) is 4.15. The molecule has 0 aromatic carbocycles.